The lowest BCUT2D eigenvalue weighted by Crippen LogP contribution is -2.23. The van der Waals surface area contributed by atoms with E-state index in [1.807, 2.05) is 12.1 Å². The number of rotatable bonds is 1. The van der Waals surface area contributed by atoms with E-state index >= 15 is 0 Å². The van der Waals surface area contributed by atoms with Crippen LogP contribution in [0.2, 0.25) is 0 Å². The van der Waals surface area contributed by atoms with E-state index in [0.29, 0.717) is 0 Å². The number of hydrogen-bond acceptors (Lipinski definition) is 2. The zero-order valence-electron chi connectivity index (χ0n) is 8.62. The molecular weight excluding hydrogens is 174 g/mol. The smallest absolute Gasteiger partial charge is 0.0688 e. The van der Waals surface area contributed by atoms with Crippen molar-refractivity contribution in [3.8, 4) is 0 Å². The Hall–Kier alpha value is -1.28. The summed E-state index contributed by atoms with van der Waals surface area (Å²) in [5, 5.41) is 9.22. The Kier molecular flexibility index (Phi) is 2.30. The predicted octanol–water partition coefficient (Wildman–Crippen LogP) is 2.03. The lowest BCUT2D eigenvalue weighted by molar-refractivity contribution is 0.281. The van der Waals surface area contributed by atoms with Crippen LogP contribution in [-0.2, 0) is 6.61 Å². The Balaban J connectivity index is 2.59. The second kappa shape index (κ2) is 3.46. The molecule has 0 spiro atoms. The molecule has 1 aliphatic heterocycles. The van der Waals surface area contributed by atoms with Gasteiger partial charge in [-0.1, -0.05) is 23.8 Å². The highest BCUT2D eigenvalue weighted by atomic mass is 16.3. The van der Waals surface area contributed by atoms with Gasteiger partial charge in [0.2, 0.25) is 0 Å². The first-order valence-corrected chi connectivity index (χ1v) is 4.83. The fraction of sp³-hybridized carbons (Fsp3) is 0.333. The zero-order valence-corrected chi connectivity index (χ0v) is 8.62. The summed E-state index contributed by atoms with van der Waals surface area (Å²) >= 11 is 0. The van der Waals surface area contributed by atoms with Crippen LogP contribution in [0, 0.1) is 0 Å². The highest BCUT2D eigenvalue weighted by Crippen LogP contribution is 2.30. The standard InChI is InChI=1S/C12H15NO/c1-9-6-11-10(8-14)4-3-5-12(11)13(2)7-9/h3-6,14H,7-8H2,1-2H3. The highest BCUT2D eigenvalue weighted by molar-refractivity contribution is 5.75. The topological polar surface area (TPSA) is 23.5 Å². The fourth-order valence-corrected chi connectivity index (χ4v) is 1.99. The number of benzene rings is 1. The van der Waals surface area contributed by atoms with E-state index in [0.717, 1.165) is 12.1 Å². The molecular formula is C12H15NO. The summed E-state index contributed by atoms with van der Waals surface area (Å²) in [4.78, 5) is 2.21. The first kappa shape index (κ1) is 9.28. The Morgan fingerprint density at radius 1 is 1.43 bits per heavy atom. The summed E-state index contributed by atoms with van der Waals surface area (Å²) < 4.78 is 0. The molecule has 0 saturated carbocycles. The summed E-state index contributed by atoms with van der Waals surface area (Å²) in [6.07, 6.45) is 2.17. The molecule has 0 fully saturated rings. The third-order valence-corrected chi connectivity index (χ3v) is 2.63. The largest absolute Gasteiger partial charge is 0.392 e. The van der Waals surface area contributed by atoms with Crippen molar-refractivity contribution in [2.24, 2.45) is 0 Å². The quantitative estimate of drug-likeness (QED) is 0.730. The maximum absolute atomic E-state index is 9.22. The molecule has 0 aliphatic carbocycles. The van der Waals surface area contributed by atoms with Gasteiger partial charge in [0.1, 0.15) is 0 Å². The number of aliphatic hydroxyl groups excluding tert-OH is 1. The van der Waals surface area contributed by atoms with E-state index in [1.54, 1.807) is 0 Å². The molecule has 2 nitrogen and oxygen atoms in total. The number of aliphatic hydroxyl groups is 1. The molecule has 0 aromatic heterocycles. The van der Waals surface area contributed by atoms with Crippen LogP contribution in [0.25, 0.3) is 6.08 Å². The summed E-state index contributed by atoms with van der Waals surface area (Å²) in [7, 11) is 2.08. The van der Waals surface area contributed by atoms with Crippen molar-refractivity contribution < 1.29 is 5.11 Å². The third kappa shape index (κ3) is 1.42. The fourth-order valence-electron chi connectivity index (χ4n) is 1.99. The molecule has 1 N–H and O–H groups in total. The molecule has 74 valence electrons. The van der Waals surface area contributed by atoms with Crippen LogP contribution in [0.15, 0.2) is 23.8 Å². The van der Waals surface area contributed by atoms with E-state index in [9.17, 15) is 5.11 Å². The van der Waals surface area contributed by atoms with E-state index < -0.39 is 0 Å². The molecule has 1 aromatic rings. The van der Waals surface area contributed by atoms with Gasteiger partial charge in [-0.05, 0) is 18.6 Å². The summed E-state index contributed by atoms with van der Waals surface area (Å²) in [6, 6.07) is 6.06. The predicted molar refractivity (Wildman–Crippen MR) is 59.3 cm³/mol. The van der Waals surface area contributed by atoms with Gasteiger partial charge in [-0.25, -0.2) is 0 Å². The van der Waals surface area contributed by atoms with Gasteiger partial charge in [0, 0.05) is 24.8 Å². The van der Waals surface area contributed by atoms with Crippen LogP contribution in [0.3, 0.4) is 0 Å². The molecule has 14 heavy (non-hydrogen) atoms. The molecule has 2 rings (SSSR count). The van der Waals surface area contributed by atoms with Crippen LogP contribution in [0.5, 0.6) is 0 Å². The van der Waals surface area contributed by atoms with Crippen LogP contribution in [0.1, 0.15) is 18.1 Å². The van der Waals surface area contributed by atoms with Crippen molar-refractivity contribution in [3.05, 3.63) is 34.9 Å². The average Bonchev–Trinajstić information content (AvgIpc) is 2.17. The summed E-state index contributed by atoms with van der Waals surface area (Å²) in [5.74, 6) is 0. The Labute approximate surface area is 84.5 Å². The maximum Gasteiger partial charge on any atom is 0.0688 e. The summed E-state index contributed by atoms with van der Waals surface area (Å²) in [5.41, 5.74) is 4.72. The van der Waals surface area contributed by atoms with Gasteiger partial charge < -0.3 is 10.0 Å². The van der Waals surface area contributed by atoms with Crippen molar-refractivity contribution in [1.82, 2.24) is 0 Å². The second-order valence-electron chi connectivity index (χ2n) is 3.85. The molecule has 0 atom stereocenters. The van der Waals surface area contributed by atoms with Gasteiger partial charge in [0.05, 0.1) is 6.61 Å². The SMILES string of the molecule is CC1=Cc2c(CO)cccc2N(C)C1. The van der Waals surface area contributed by atoms with Crippen molar-refractivity contribution in [2.75, 3.05) is 18.5 Å². The second-order valence-corrected chi connectivity index (χ2v) is 3.85. The van der Waals surface area contributed by atoms with E-state index in [-0.39, 0.29) is 6.61 Å². The Bertz CT molecular complexity index is 382. The first-order chi connectivity index (χ1) is 6.72. The Morgan fingerprint density at radius 3 is 2.93 bits per heavy atom. The van der Waals surface area contributed by atoms with Gasteiger partial charge in [-0.15, -0.1) is 0 Å². The minimum absolute atomic E-state index is 0.112. The van der Waals surface area contributed by atoms with Crippen LogP contribution in [-0.4, -0.2) is 18.7 Å². The minimum Gasteiger partial charge on any atom is -0.392 e. The number of nitrogens with zero attached hydrogens (tertiary/aromatic N) is 1. The van der Waals surface area contributed by atoms with Gasteiger partial charge >= 0.3 is 0 Å². The zero-order chi connectivity index (χ0) is 10.1. The minimum atomic E-state index is 0.112. The third-order valence-electron chi connectivity index (χ3n) is 2.63. The van der Waals surface area contributed by atoms with Gasteiger partial charge in [-0.2, -0.15) is 0 Å². The molecule has 2 heteroatoms. The number of anilines is 1. The first-order valence-electron chi connectivity index (χ1n) is 4.83. The van der Waals surface area contributed by atoms with Crippen LogP contribution >= 0.6 is 0 Å². The molecule has 0 amide bonds. The molecule has 1 aliphatic rings. The van der Waals surface area contributed by atoms with Crippen molar-refractivity contribution >= 4 is 11.8 Å². The van der Waals surface area contributed by atoms with Crippen molar-refractivity contribution in [1.29, 1.82) is 0 Å². The molecule has 1 aromatic carbocycles. The lowest BCUT2D eigenvalue weighted by Gasteiger charge is -2.27. The Morgan fingerprint density at radius 2 is 2.21 bits per heavy atom. The molecule has 0 radical (unpaired) electrons. The number of fused-ring (bicyclic) bond motifs is 1. The van der Waals surface area contributed by atoms with E-state index in [4.69, 9.17) is 0 Å². The number of hydrogen-bond donors (Lipinski definition) is 1. The normalized spacial score (nSPS) is 15.1. The molecule has 0 saturated heterocycles. The maximum atomic E-state index is 9.22. The summed E-state index contributed by atoms with van der Waals surface area (Å²) in [6.45, 7) is 3.20. The van der Waals surface area contributed by atoms with Crippen molar-refractivity contribution in [3.63, 3.8) is 0 Å². The van der Waals surface area contributed by atoms with Gasteiger partial charge in [0.25, 0.3) is 0 Å². The molecule has 0 unspecified atom stereocenters. The highest BCUT2D eigenvalue weighted by Gasteiger charge is 2.14. The molecule has 0 bridgehead atoms. The van der Waals surface area contributed by atoms with Crippen LogP contribution in [0.4, 0.5) is 5.69 Å². The average molecular weight is 189 g/mol. The lowest BCUT2D eigenvalue weighted by atomic mass is 9.99. The van der Waals surface area contributed by atoms with Crippen LogP contribution < -0.4 is 4.90 Å². The van der Waals surface area contributed by atoms with Gasteiger partial charge in [-0.3, -0.25) is 0 Å². The monoisotopic (exact) mass is 189 g/mol. The number of likely N-dealkylation sites (N-methyl/N-ethyl adjacent to an activating group) is 1. The van der Waals surface area contributed by atoms with E-state index in [1.165, 1.54) is 16.8 Å². The van der Waals surface area contributed by atoms with Crippen molar-refractivity contribution in [2.45, 2.75) is 13.5 Å². The molecule has 1 heterocycles. The van der Waals surface area contributed by atoms with Gasteiger partial charge in [0.15, 0.2) is 0 Å². The van der Waals surface area contributed by atoms with E-state index in [2.05, 4.69) is 31.0 Å².